The van der Waals surface area contributed by atoms with E-state index in [1.807, 2.05) is 0 Å². The first-order chi connectivity index (χ1) is 11.7. The summed E-state index contributed by atoms with van der Waals surface area (Å²) in [4.78, 5) is 9.94. The number of aliphatic hydroxyl groups excluding tert-OH is 2. The third kappa shape index (κ3) is 4.51. The molecular weight excluding hydrogens is 350 g/mol. The molecule has 25 heavy (non-hydrogen) atoms. The van der Waals surface area contributed by atoms with Crippen LogP contribution in [0.4, 0.5) is 11.4 Å². The molecule has 0 saturated heterocycles. The predicted molar refractivity (Wildman–Crippen MR) is 90.1 cm³/mol. The zero-order valence-electron chi connectivity index (χ0n) is 12.9. The Bertz CT molecular complexity index is 854. The summed E-state index contributed by atoms with van der Waals surface area (Å²) in [5.74, 6) is 0. The standard InChI is InChI=1S/C15H17N3O6S/c16-11-2-1-3-13(8-11)25(23,24)17-14(9-19)15(20)10-4-6-12(7-5-10)18(21)22/h1-8,14-15,17,19-20H,9,16H2. The zero-order chi connectivity index (χ0) is 18.6. The van der Waals surface area contributed by atoms with E-state index in [4.69, 9.17) is 5.73 Å². The van der Waals surface area contributed by atoms with Crippen molar-refractivity contribution in [2.75, 3.05) is 12.3 Å². The van der Waals surface area contributed by atoms with Crippen molar-refractivity contribution in [1.29, 1.82) is 0 Å². The quantitative estimate of drug-likeness (QED) is 0.316. The fourth-order valence-electron chi connectivity index (χ4n) is 2.18. The van der Waals surface area contributed by atoms with E-state index >= 15 is 0 Å². The van der Waals surface area contributed by atoms with Gasteiger partial charge in [-0.2, -0.15) is 0 Å². The molecule has 0 spiro atoms. The average Bonchev–Trinajstić information content (AvgIpc) is 2.59. The maximum atomic E-state index is 12.4. The summed E-state index contributed by atoms with van der Waals surface area (Å²) in [7, 11) is -4.03. The molecule has 2 rings (SSSR count). The van der Waals surface area contributed by atoms with Crippen LogP contribution in [-0.2, 0) is 10.0 Å². The Kier molecular flexibility index (Phi) is 5.69. The van der Waals surface area contributed by atoms with Crippen LogP contribution in [0, 0.1) is 10.1 Å². The number of nitrogens with two attached hydrogens (primary N) is 1. The highest BCUT2D eigenvalue weighted by molar-refractivity contribution is 7.89. The topological polar surface area (TPSA) is 156 Å². The molecule has 0 heterocycles. The van der Waals surface area contributed by atoms with Crippen LogP contribution >= 0.6 is 0 Å². The molecule has 0 aromatic heterocycles. The minimum absolute atomic E-state index is 0.109. The second-order valence-corrected chi connectivity index (χ2v) is 6.99. The first kappa shape index (κ1) is 18.8. The Balaban J connectivity index is 2.22. The van der Waals surface area contributed by atoms with Crippen LogP contribution in [0.3, 0.4) is 0 Å². The van der Waals surface area contributed by atoms with Crippen molar-refractivity contribution in [3.8, 4) is 0 Å². The van der Waals surface area contributed by atoms with Gasteiger partial charge in [-0.3, -0.25) is 10.1 Å². The number of benzene rings is 2. The van der Waals surface area contributed by atoms with E-state index in [-0.39, 0.29) is 21.8 Å². The predicted octanol–water partition coefficient (Wildman–Crippen LogP) is 0.550. The average molecular weight is 367 g/mol. The van der Waals surface area contributed by atoms with E-state index in [0.29, 0.717) is 0 Å². The number of aliphatic hydroxyl groups is 2. The Morgan fingerprint density at radius 2 is 1.84 bits per heavy atom. The van der Waals surface area contributed by atoms with E-state index in [1.165, 1.54) is 48.5 Å². The van der Waals surface area contributed by atoms with E-state index < -0.39 is 33.7 Å². The van der Waals surface area contributed by atoms with Crippen molar-refractivity contribution in [3.05, 3.63) is 64.2 Å². The zero-order valence-corrected chi connectivity index (χ0v) is 13.8. The normalized spacial score (nSPS) is 14.0. The molecule has 2 unspecified atom stereocenters. The number of nitrogens with zero attached hydrogens (tertiary/aromatic N) is 1. The van der Waals surface area contributed by atoms with Gasteiger partial charge in [0.15, 0.2) is 0 Å². The fourth-order valence-corrected chi connectivity index (χ4v) is 3.46. The highest BCUT2D eigenvalue weighted by Crippen LogP contribution is 2.22. The van der Waals surface area contributed by atoms with Gasteiger partial charge in [-0.25, -0.2) is 13.1 Å². The molecule has 0 saturated carbocycles. The molecular formula is C15H17N3O6S. The van der Waals surface area contributed by atoms with Gasteiger partial charge in [0.1, 0.15) is 0 Å². The second-order valence-electron chi connectivity index (χ2n) is 5.28. The molecule has 5 N–H and O–H groups in total. The SMILES string of the molecule is Nc1cccc(S(=O)(=O)NC(CO)C(O)c2ccc([N+](=O)[O-])cc2)c1. The molecule has 10 heteroatoms. The lowest BCUT2D eigenvalue weighted by atomic mass is 10.0. The highest BCUT2D eigenvalue weighted by atomic mass is 32.2. The number of nitro benzene ring substituents is 1. The van der Waals surface area contributed by atoms with Gasteiger partial charge in [-0.1, -0.05) is 6.07 Å². The molecule has 2 atom stereocenters. The Hall–Kier alpha value is -2.53. The van der Waals surface area contributed by atoms with Gasteiger partial charge in [0.25, 0.3) is 5.69 Å². The van der Waals surface area contributed by atoms with Gasteiger partial charge in [0, 0.05) is 17.8 Å². The van der Waals surface area contributed by atoms with Gasteiger partial charge in [-0.05, 0) is 35.9 Å². The summed E-state index contributed by atoms with van der Waals surface area (Å²) in [5, 5.41) is 30.4. The highest BCUT2D eigenvalue weighted by Gasteiger charge is 2.27. The lowest BCUT2D eigenvalue weighted by molar-refractivity contribution is -0.384. The smallest absolute Gasteiger partial charge is 0.269 e. The van der Waals surface area contributed by atoms with E-state index in [0.717, 1.165) is 0 Å². The summed E-state index contributed by atoms with van der Waals surface area (Å²) >= 11 is 0. The van der Waals surface area contributed by atoms with E-state index in [1.54, 1.807) is 0 Å². The lowest BCUT2D eigenvalue weighted by Gasteiger charge is -2.22. The third-order valence-electron chi connectivity index (χ3n) is 3.50. The van der Waals surface area contributed by atoms with Crippen molar-refractivity contribution >= 4 is 21.4 Å². The molecule has 2 aromatic rings. The number of sulfonamides is 1. The van der Waals surface area contributed by atoms with Gasteiger partial charge in [0.2, 0.25) is 10.0 Å². The summed E-state index contributed by atoms with van der Waals surface area (Å²) in [6.07, 6.45) is -1.40. The minimum atomic E-state index is -4.03. The minimum Gasteiger partial charge on any atom is -0.399 e. The maximum absolute atomic E-state index is 12.4. The Labute approximate surface area is 143 Å². The molecule has 0 radical (unpaired) electrons. The Morgan fingerprint density at radius 1 is 1.20 bits per heavy atom. The molecule has 2 aromatic carbocycles. The summed E-state index contributed by atoms with van der Waals surface area (Å²) in [6, 6.07) is 9.26. The summed E-state index contributed by atoms with van der Waals surface area (Å²) < 4.78 is 26.9. The molecule has 0 aliphatic heterocycles. The van der Waals surface area contributed by atoms with Crippen LogP contribution in [0.25, 0.3) is 0 Å². The number of hydrogen-bond donors (Lipinski definition) is 4. The summed E-state index contributed by atoms with van der Waals surface area (Å²) in [6.45, 7) is -0.681. The van der Waals surface area contributed by atoms with Crippen molar-refractivity contribution in [3.63, 3.8) is 0 Å². The van der Waals surface area contributed by atoms with Crippen LogP contribution < -0.4 is 10.5 Å². The Morgan fingerprint density at radius 3 is 2.36 bits per heavy atom. The molecule has 0 aliphatic rings. The van der Waals surface area contributed by atoms with Gasteiger partial charge in [0.05, 0.1) is 28.6 Å². The number of hydrogen-bond acceptors (Lipinski definition) is 7. The van der Waals surface area contributed by atoms with Gasteiger partial charge >= 0.3 is 0 Å². The molecule has 0 fully saturated rings. The largest absolute Gasteiger partial charge is 0.399 e. The molecule has 9 nitrogen and oxygen atoms in total. The number of rotatable bonds is 7. The summed E-state index contributed by atoms with van der Waals surface area (Å²) in [5.41, 5.74) is 5.86. The van der Waals surface area contributed by atoms with E-state index in [2.05, 4.69) is 4.72 Å². The lowest BCUT2D eigenvalue weighted by Crippen LogP contribution is -2.41. The number of nitrogens with one attached hydrogen (secondary N) is 1. The van der Waals surface area contributed by atoms with Crippen molar-refractivity contribution in [2.24, 2.45) is 0 Å². The monoisotopic (exact) mass is 367 g/mol. The molecule has 0 bridgehead atoms. The van der Waals surface area contributed by atoms with Crippen LogP contribution in [-0.4, -0.2) is 36.2 Å². The van der Waals surface area contributed by atoms with Gasteiger partial charge in [-0.15, -0.1) is 0 Å². The third-order valence-corrected chi connectivity index (χ3v) is 4.99. The van der Waals surface area contributed by atoms with Crippen LogP contribution in [0.1, 0.15) is 11.7 Å². The van der Waals surface area contributed by atoms with E-state index in [9.17, 15) is 28.7 Å². The first-order valence-electron chi connectivity index (χ1n) is 7.16. The van der Waals surface area contributed by atoms with Crippen LogP contribution in [0.2, 0.25) is 0 Å². The van der Waals surface area contributed by atoms with Crippen molar-refractivity contribution < 1.29 is 23.6 Å². The number of anilines is 1. The number of nitrogen functional groups attached to an aromatic ring is 1. The number of nitro groups is 1. The van der Waals surface area contributed by atoms with Crippen molar-refractivity contribution in [2.45, 2.75) is 17.0 Å². The first-order valence-corrected chi connectivity index (χ1v) is 8.64. The number of non-ortho nitro benzene ring substituents is 1. The van der Waals surface area contributed by atoms with Gasteiger partial charge < -0.3 is 15.9 Å². The second kappa shape index (κ2) is 7.57. The van der Waals surface area contributed by atoms with Crippen LogP contribution in [0.15, 0.2) is 53.4 Å². The molecule has 134 valence electrons. The fraction of sp³-hybridized carbons (Fsp3) is 0.200. The van der Waals surface area contributed by atoms with Crippen molar-refractivity contribution in [1.82, 2.24) is 4.72 Å². The molecule has 0 aliphatic carbocycles. The molecule has 0 amide bonds. The maximum Gasteiger partial charge on any atom is 0.269 e. The van der Waals surface area contributed by atoms with Crippen LogP contribution in [0.5, 0.6) is 0 Å².